The lowest BCUT2D eigenvalue weighted by molar-refractivity contribution is 0.642. The second-order valence-corrected chi connectivity index (χ2v) is 4.20. The van der Waals surface area contributed by atoms with Gasteiger partial charge in [-0.05, 0) is 17.7 Å². The van der Waals surface area contributed by atoms with E-state index in [0.717, 1.165) is 10.0 Å². The van der Waals surface area contributed by atoms with Crippen molar-refractivity contribution >= 4 is 21.7 Å². The summed E-state index contributed by atoms with van der Waals surface area (Å²) in [7, 11) is 0. The lowest BCUT2D eigenvalue weighted by Crippen LogP contribution is -2.23. The Balaban J connectivity index is 2.38. The SMILES string of the molecule is Nc1ccc(=O)n(Cc2ccccc2Br)n1. The standard InChI is InChI=1S/C11H10BrN3O/c12-9-4-2-1-3-8(9)7-15-11(16)6-5-10(13)14-15/h1-6H,7H2,(H2,13,14). The topological polar surface area (TPSA) is 60.9 Å². The van der Waals surface area contributed by atoms with Crippen molar-refractivity contribution in [3.05, 3.63) is 56.8 Å². The fourth-order valence-electron chi connectivity index (χ4n) is 1.37. The lowest BCUT2D eigenvalue weighted by atomic mass is 10.2. The summed E-state index contributed by atoms with van der Waals surface area (Å²) < 4.78 is 2.29. The number of halogens is 1. The molecule has 0 saturated carbocycles. The van der Waals surface area contributed by atoms with Gasteiger partial charge >= 0.3 is 0 Å². The Morgan fingerprint density at radius 2 is 2.00 bits per heavy atom. The first-order chi connectivity index (χ1) is 7.66. The number of rotatable bonds is 2. The van der Waals surface area contributed by atoms with Gasteiger partial charge in [0.15, 0.2) is 0 Å². The van der Waals surface area contributed by atoms with Gasteiger partial charge < -0.3 is 5.73 Å². The second kappa shape index (κ2) is 4.49. The van der Waals surface area contributed by atoms with Crippen LogP contribution in [0.4, 0.5) is 5.82 Å². The average Bonchev–Trinajstić information content (AvgIpc) is 2.27. The molecule has 1 aromatic carbocycles. The van der Waals surface area contributed by atoms with E-state index in [9.17, 15) is 4.79 Å². The number of hydrogen-bond donors (Lipinski definition) is 1. The molecule has 82 valence electrons. The maximum Gasteiger partial charge on any atom is 0.267 e. The van der Waals surface area contributed by atoms with Crippen LogP contribution in [0.2, 0.25) is 0 Å². The molecule has 1 heterocycles. The van der Waals surface area contributed by atoms with Crippen molar-refractivity contribution < 1.29 is 0 Å². The lowest BCUT2D eigenvalue weighted by Gasteiger charge is -2.06. The predicted molar refractivity (Wildman–Crippen MR) is 66.2 cm³/mol. The zero-order valence-corrected chi connectivity index (χ0v) is 10.0. The number of benzene rings is 1. The fraction of sp³-hybridized carbons (Fsp3) is 0.0909. The molecule has 0 spiro atoms. The van der Waals surface area contributed by atoms with Crippen LogP contribution in [0.3, 0.4) is 0 Å². The van der Waals surface area contributed by atoms with E-state index in [2.05, 4.69) is 21.0 Å². The number of nitrogens with two attached hydrogens (primary N) is 1. The molecule has 16 heavy (non-hydrogen) atoms. The Morgan fingerprint density at radius 3 is 2.75 bits per heavy atom. The van der Waals surface area contributed by atoms with Crippen LogP contribution in [-0.2, 0) is 6.54 Å². The molecule has 0 radical (unpaired) electrons. The normalized spacial score (nSPS) is 10.3. The summed E-state index contributed by atoms with van der Waals surface area (Å²) in [6.07, 6.45) is 0. The summed E-state index contributed by atoms with van der Waals surface area (Å²) in [4.78, 5) is 11.5. The average molecular weight is 280 g/mol. The molecule has 0 amide bonds. The minimum absolute atomic E-state index is 0.162. The monoisotopic (exact) mass is 279 g/mol. The van der Waals surface area contributed by atoms with Gasteiger partial charge in [-0.2, -0.15) is 5.10 Å². The van der Waals surface area contributed by atoms with Crippen molar-refractivity contribution in [2.24, 2.45) is 0 Å². The van der Waals surface area contributed by atoms with Crippen molar-refractivity contribution in [1.82, 2.24) is 9.78 Å². The van der Waals surface area contributed by atoms with Gasteiger partial charge in [0, 0.05) is 10.5 Å². The Labute approximate surface area is 101 Å². The largest absolute Gasteiger partial charge is 0.382 e. The Hall–Kier alpha value is -1.62. The molecular weight excluding hydrogens is 270 g/mol. The molecular formula is C11H10BrN3O. The van der Waals surface area contributed by atoms with Gasteiger partial charge in [0.1, 0.15) is 5.82 Å². The molecule has 2 rings (SSSR count). The molecule has 0 fully saturated rings. The highest BCUT2D eigenvalue weighted by Crippen LogP contribution is 2.16. The van der Waals surface area contributed by atoms with Crippen molar-refractivity contribution in [2.45, 2.75) is 6.54 Å². The van der Waals surface area contributed by atoms with E-state index >= 15 is 0 Å². The summed E-state index contributed by atoms with van der Waals surface area (Å²) in [5, 5.41) is 3.97. The third-order valence-corrected chi connectivity index (χ3v) is 2.94. The van der Waals surface area contributed by atoms with Crippen LogP contribution < -0.4 is 11.3 Å². The summed E-state index contributed by atoms with van der Waals surface area (Å²) in [6.45, 7) is 0.408. The summed E-state index contributed by atoms with van der Waals surface area (Å²) in [5.74, 6) is 0.339. The molecule has 0 unspecified atom stereocenters. The molecule has 2 N–H and O–H groups in total. The first-order valence-corrected chi connectivity index (χ1v) is 5.53. The van der Waals surface area contributed by atoms with Crippen LogP contribution in [0.1, 0.15) is 5.56 Å². The molecule has 0 aliphatic carbocycles. The Kier molecular flexibility index (Phi) is 3.05. The van der Waals surface area contributed by atoms with Crippen LogP contribution in [0.25, 0.3) is 0 Å². The first-order valence-electron chi connectivity index (χ1n) is 4.74. The van der Waals surface area contributed by atoms with E-state index in [1.807, 2.05) is 24.3 Å². The molecule has 2 aromatic rings. The predicted octanol–water partition coefficient (Wildman–Crippen LogP) is 1.64. The number of nitrogen functional groups attached to an aromatic ring is 1. The molecule has 0 bridgehead atoms. The summed E-state index contributed by atoms with van der Waals surface area (Å²) >= 11 is 3.42. The number of hydrogen-bond acceptors (Lipinski definition) is 3. The third kappa shape index (κ3) is 2.30. The Morgan fingerprint density at radius 1 is 1.25 bits per heavy atom. The fourth-order valence-corrected chi connectivity index (χ4v) is 1.78. The summed E-state index contributed by atoms with van der Waals surface area (Å²) in [6, 6.07) is 10.6. The first kappa shape index (κ1) is 10.9. The van der Waals surface area contributed by atoms with E-state index in [0.29, 0.717) is 12.4 Å². The van der Waals surface area contributed by atoms with Crippen LogP contribution >= 0.6 is 15.9 Å². The maximum atomic E-state index is 11.5. The minimum atomic E-state index is -0.162. The van der Waals surface area contributed by atoms with E-state index in [1.54, 1.807) is 0 Å². The summed E-state index contributed by atoms with van der Waals surface area (Å²) in [5.41, 5.74) is 6.36. The van der Waals surface area contributed by atoms with Crippen molar-refractivity contribution in [2.75, 3.05) is 5.73 Å². The van der Waals surface area contributed by atoms with Crippen LogP contribution in [0.15, 0.2) is 45.7 Å². The highest BCUT2D eigenvalue weighted by atomic mass is 79.9. The van der Waals surface area contributed by atoms with Gasteiger partial charge in [0.2, 0.25) is 0 Å². The zero-order valence-electron chi connectivity index (χ0n) is 8.43. The maximum absolute atomic E-state index is 11.5. The number of anilines is 1. The van der Waals surface area contributed by atoms with E-state index in [-0.39, 0.29) is 5.56 Å². The third-order valence-electron chi connectivity index (χ3n) is 2.17. The number of nitrogens with zero attached hydrogens (tertiary/aromatic N) is 2. The molecule has 0 aliphatic heterocycles. The van der Waals surface area contributed by atoms with Gasteiger partial charge in [0.25, 0.3) is 5.56 Å². The second-order valence-electron chi connectivity index (χ2n) is 3.35. The van der Waals surface area contributed by atoms with Crippen molar-refractivity contribution in [3.8, 4) is 0 Å². The van der Waals surface area contributed by atoms with E-state index in [1.165, 1.54) is 16.8 Å². The molecule has 0 aliphatic rings. The highest BCUT2D eigenvalue weighted by Gasteiger charge is 2.02. The smallest absolute Gasteiger partial charge is 0.267 e. The minimum Gasteiger partial charge on any atom is -0.382 e. The molecule has 0 saturated heterocycles. The van der Waals surface area contributed by atoms with Crippen LogP contribution in [0, 0.1) is 0 Å². The highest BCUT2D eigenvalue weighted by molar-refractivity contribution is 9.10. The van der Waals surface area contributed by atoms with Gasteiger partial charge in [-0.3, -0.25) is 4.79 Å². The van der Waals surface area contributed by atoms with Crippen molar-refractivity contribution in [1.29, 1.82) is 0 Å². The zero-order chi connectivity index (χ0) is 11.5. The molecule has 0 atom stereocenters. The van der Waals surface area contributed by atoms with Gasteiger partial charge in [-0.15, -0.1) is 0 Å². The van der Waals surface area contributed by atoms with Gasteiger partial charge in [-0.25, -0.2) is 4.68 Å². The van der Waals surface area contributed by atoms with E-state index < -0.39 is 0 Å². The molecule has 4 nitrogen and oxygen atoms in total. The van der Waals surface area contributed by atoms with Crippen LogP contribution in [0.5, 0.6) is 0 Å². The Bertz CT molecular complexity index is 565. The quantitative estimate of drug-likeness (QED) is 0.909. The molecule has 1 aromatic heterocycles. The van der Waals surface area contributed by atoms with Gasteiger partial charge in [-0.1, -0.05) is 34.1 Å². The molecule has 5 heteroatoms. The van der Waals surface area contributed by atoms with Crippen molar-refractivity contribution in [3.63, 3.8) is 0 Å². The van der Waals surface area contributed by atoms with Crippen LogP contribution in [-0.4, -0.2) is 9.78 Å². The van der Waals surface area contributed by atoms with E-state index in [4.69, 9.17) is 5.73 Å². The van der Waals surface area contributed by atoms with Gasteiger partial charge in [0.05, 0.1) is 6.54 Å². The number of aromatic nitrogens is 2.